The minimum atomic E-state index is 0. The van der Waals surface area contributed by atoms with Crippen LogP contribution in [0.2, 0.25) is 0 Å². The van der Waals surface area contributed by atoms with Crippen LogP contribution in [0, 0.1) is 32.9 Å². The van der Waals surface area contributed by atoms with Crippen LogP contribution < -0.4 is 0 Å². The summed E-state index contributed by atoms with van der Waals surface area (Å²) < 4.78 is 0. The quantitative estimate of drug-likeness (QED) is 0.0936. The van der Waals surface area contributed by atoms with E-state index in [9.17, 15) is 0 Å². The Balaban J connectivity index is 0.000000120. The molecule has 3 aliphatic rings. The number of hydrogen-bond donors (Lipinski definition) is 0. The van der Waals surface area contributed by atoms with Crippen molar-refractivity contribution in [2.45, 2.75) is 93.9 Å². The third-order valence-electron chi connectivity index (χ3n) is 16.2. The molecule has 15 rings (SSSR count). The van der Waals surface area contributed by atoms with Crippen molar-refractivity contribution in [1.29, 1.82) is 0 Å². The zero-order valence-corrected chi connectivity index (χ0v) is 49.3. The SMILES string of the molecule is C.CCc1c2ccccc2[c-]c2ccccc12.CCc1c2ccccc2c(C)c2ccccc12.CCc1cc(C)cc(C)c1.CCc1ccc2ccc3cccc4ccc1c2c34.[Y].[c-]1ccc2c3c1C=CC1=CC=CC(=CC2)C13. The summed E-state index contributed by atoms with van der Waals surface area (Å²) in [4.78, 5) is 0. The van der Waals surface area contributed by atoms with E-state index in [1.165, 1.54) is 142 Å². The Bertz CT molecular complexity index is 4120. The maximum absolute atomic E-state index is 3.48. The number of aryl methyl sites for hydroxylation is 7. The molecule has 1 unspecified atom stereocenters. The third-order valence-corrected chi connectivity index (χ3v) is 16.2. The first kappa shape index (κ1) is 56.5. The van der Waals surface area contributed by atoms with Crippen LogP contribution in [-0.2, 0) is 64.8 Å². The molecule has 0 saturated carbocycles. The molecule has 389 valence electrons. The van der Waals surface area contributed by atoms with Crippen molar-refractivity contribution in [3.8, 4) is 0 Å². The van der Waals surface area contributed by atoms with Crippen LogP contribution in [0.5, 0.6) is 0 Å². The number of rotatable bonds is 4. The summed E-state index contributed by atoms with van der Waals surface area (Å²) in [6.45, 7) is 15.4. The predicted molar refractivity (Wildman–Crippen MR) is 343 cm³/mol. The zero-order chi connectivity index (χ0) is 53.0. The maximum atomic E-state index is 3.48. The molecule has 0 nitrogen and oxygen atoms in total. The molecule has 0 saturated heterocycles. The molecule has 0 aromatic heterocycles. The van der Waals surface area contributed by atoms with Gasteiger partial charge in [0.1, 0.15) is 0 Å². The molecule has 0 amide bonds. The van der Waals surface area contributed by atoms with Crippen LogP contribution in [0.15, 0.2) is 224 Å². The fourth-order valence-electron chi connectivity index (χ4n) is 12.5. The van der Waals surface area contributed by atoms with Crippen molar-refractivity contribution >= 4 is 81.5 Å². The Morgan fingerprint density at radius 3 is 1.61 bits per heavy atom. The summed E-state index contributed by atoms with van der Waals surface area (Å²) in [6.07, 6.45) is 18.9. The molecule has 1 atom stereocenters. The van der Waals surface area contributed by atoms with Crippen LogP contribution in [0.1, 0.15) is 96.7 Å². The van der Waals surface area contributed by atoms with Crippen molar-refractivity contribution in [2.75, 3.05) is 0 Å². The first-order valence-electron chi connectivity index (χ1n) is 28.0. The third kappa shape index (κ3) is 11.3. The monoisotopic (exact) mass is 1100 g/mol. The van der Waals surface area contributed by atoms with E-state index in [1.54, 1.807) is 0 Å². The molecule has 0 N–H and O–H groups in total. The minimum Gasteiger partial charge on any atom is -0.147 e. The Kier molecular flexibility index (Phi) is 18.1. The van der Waals surface area contributed by atoms with E-state index in [0.29, 0.717) is 5.92 Å². The molecule has 79 heavy (non-hydrogen) atoms. The normalized spacial score (nSPS) is 13.4. The van der Waals surface area contributed by atoms with Crippen molar-refractivity contribution in [3.63, 3.8) is 0 Å². The smallest absolute Gasteiger partial charge is 0 e. The van der Waals surface area contributed by atoms with Crippen LogP contribution >= 0.6 is 0 Å². The molecule has 0 spiro atoms. The minimum absolute atomic E-state index is 0. The van der Waals surface area contributed by atoms with E-state index in [-0.39, 0.29) is 40.1 Å². The zero-order valence-electron chi connectivity index (χ0n) is 46.5. The Morgan fingerprint density at radius 1 is 0.468 bits per heavy atom. The second-order valence-corrected chi connectivity index (χ2v) is 20.9. The van der Waals surface area contributed by atoms with Gasteiger partial charge in [0.15, 0.2) is 0 Å². The average molecular weight is 1100 g/mol. The molecule has 12 aromatic rings. The number of benzene rings is 12. The Hall–Kier alpha value is -7.22. The fourth-order valence-corrected chi connectivity index (χ4v) is 12.5. The van der Waals surface area contributed by atoms with Gasteiger partial charge in [-0.15, -0.1) is 76.0 Å². The van der Waals surface area contributed by atoms with Crippen LogP contribution in [0.25, 0.3) is 81.5 Å². The molecular formula is C78H72Y-2. The summed E-state index contributed by atoms with van der Waals surface area (Å²) >= 11 is 0. The average Bonchev–Trinajstić information content (AvgIpc) is 3.62. The molecule has 0 aliphatic heterocycles. The van der Waals surface area contributed by atoms with E-state index in [1.807, 2.05) is 6.07 Å². The molecule has 0 fully saturated rings. The molecule has 1 heteroatoms. The van der Waals surface area contributed by atoms with Gasteiger partial charge in [0.25, 0.3) is 0 Å². The number of fused-ring (bicyclic) bond motifs is 4. The van der Waals surface area contributed by atoms with E-state index >= 15 is 0 Å². The summed E-state index contributed by atoms with van der Waals surface area (Å²) in [6, 6.07) is 72.4. The van der Waals surface area contributed by atoms with Crippen molar-refractivity contribution in [3.05, 3.63) is 291 Å². The molecule has 0 bridgehead atoms. The van der Waals surface area contributed by atoms with Gasteiger partial charge < -0.3 is 0 Å². The van der Waals surface area contributed by atoms with Gasteiger partial charge >= 0.3 is 0 Å². The van der Waals surface area contributed by atoms with Gasteiger partial charge in [-0.25, -0.2) is 0 Å². The Labute approximate surface area is 495 Å². The van der Waals surface area contributed by atoms with Crippen molar-refractivity contribution < 1.29 is 32.7 Å². The van der Waals surface area contributed by atoms with Gasteiger partial charge in [-0.1, -0.05) is 250 Å². The molecular weight excluding hydrogens is 1030 g/mol. The van der Waals surface area contributed by atoms with Crippen molar-refractivity contribution in [2.24, 2.45) is 0 Å². The fraction of sp³-hybridized carbons (Fsp3) is 0.179. The van der Waals surface area contributed by atoms with Crippen molar-refractivity contribution in [1.82, 2.24) is 0 Å². The van der Waals surface area contributed by atoms with Gasteiger partial charge in [0.2, 0.25) is 0 Å². The second kappa shape index (κ2) is 25.3. The maximum Gasteiger partial charge on any atom is 0 e. The summed E-state index contributed by atoms with van der Waals surface area (Å²) in [5.41, 5.74) is 17.0. The number of allylic oxidation sites excluding steroid dienone is 7. The topological polar surface area (TPSA) is 0 Å². The summed E-state index contributed by atoms with van der Waals surface area (Å²) in [5, 5.41) is 19.0. The first-order chi connectivity index (χ1) is 37.8. The van der Waals surface area contributed by atoms with Gasteiger partial charge in [0, 0.05) is 32.7 Å². The second-order valence-electron chi connectivity index (χ2n) is 20.9. The van der Waals surface area contributed by atoms with Gasteiger partial charge in [-0.05, 0) is 140 Å². The molecule has 3 aliphatic carbocycles. The van der Waals surface area contributed by atoms with E-state index in [0.717, 1.165) is 32.1 Å². The van der Waals surface area contributed by atoms with Gasteiger partial charge in [0.05, 0.1) is 0 Å². The summed E-state index contributed by atoms with van der Waals surface area (Å²) in [7, 11) is 0. The standard InChI is InChI=1S/C18H14.C17H16.C16H11.C16H13.C10H14.CH4.Y/c1-2-12-6-7-15-9-8-13-4-3-5-14-10-11-16(12)18(15)17(13)14;1-3-13-16-10-6-4-8-14(16)12(2)15-9-5-7-11-17(13)15;1-3-11-7-9-13-5-2-6-14-10-8-12(4-1)15(11)16(13)14;1-2-14-15-9-5-3-7-12(15)11-13-8-4-6-10-16(13)14;1-4-10-6-8(2)5-9(3)7-10;;/h3-11H,2H2,1H3;4-11H,3H2,1-2H3;1-5,7-8,10,15H,9H2;3-10H,2H2,1H3;5-7H,4H2,1-3H3;1H4;/q;;2*-1;;;. The Morgan fingerprint density at radius 2 is 1.01 bits per heavy atom. The molecule has 0 heterocycles. The van der Waals surface area contributed by atoms with Crippen LogP contribution in [0.3, 0.4) is 0 Å². The van der Waals surface area contributed by atoms with E-state index in [4.69, 9.17) is 0 Å². The van der Waals surface area contributed by atoms with Gasteiger partial charge in [-0.3, -0.25) is 0 Å². The molecule has 12 aromatic carbocycles. The van der Waals surface area contributed by atoms with E-state index in [2.05, 4.69) is 273 Å². The largest absolute Gasteiger partial charge is 0.147 e. The predicted octanol–water partition coefficient (Wildman–Crippen LogP) is 21.4. The number of hydrogen-bond acceptors (Lipinski definition) is 0. The molecule has 1 radical (unpaired) electrons. The van der Waals surface area contributed by atoms with E-state index < -0.39 is 0 Å². The van der Waals surface area contributed by atoms with Gasteiger partial charge in [-0.2, -0.15) is 0 Å². The van der Waals surface area contributed by atoms with Crippen LogP contribution in [0.4, 0.5) is 0 Å². The first-order valence-corrected chi connectivity index (χ1v) is 28.0. The summed E-state index contributed by atoms with van der Waals surface area (Å²) in [5.74, 6) is 0.478. The van der Waals surface area contributed by atoms with Crippen LogP contribution in [-0.4, -0.2) is 0 Å².